The van der Waals surface area contributed by atoms with Gasteiger partial charge in [0.05, 0.1) is 10.5 Å². The Kier molecular flexibility index (Phi) is 4.13. The van der Waals surface area contributed by atoms with E-state index in [0.29, 0.717) is 27.0 Å². The van der Waals surface area contributed by atoms with Crippen LogP contribution in [0.25, 0.3) is 44.5 Å². The number of fused-ring (bicyclic) bond motifs is 3. The van der Waals surface area contributed by atoms with Crippen LogP contribution in [0.1, 0.15) is 0 Å². The monoisotopic (exact) mass is 439 g/mol. The molecule has 5 rings (SSSR count). The average molecular weight is 440 g/mol. The van der Waals surface area contributed by atoms with Crippen LogP contribution in [0.5, 0.6) is 0 Å². The molecule has 0 saturated carbocycles. The Morgan fingerprint density at radius 2 is 1.77 bits per heavy atom. The van der Waals surface area contributed by atoms with Crippen LogP contribution in [0, 0.1) is 0 Å². The highest BCUT2D eigenvalue weighted by Crippen LogP contribution is 2.34. The third kappa shape index (κ3) is 2.70. The molecule has 0 bridgehead atoms. The number of rotatable bonds is 2. The van der Waals surface area contributed by atoms with E-state index in [1.54, 1.807) is 29.8 Å². The molecule has 0 amide bonds. The number of aromatic nitrogens is 4. The van der Waals surface area contributed by atoms with E-state index in [1.165, 1.54) is 0 Å². The summed E-state index contributed by atoms with van der Waals surface area (Å²) in [6.07, 6.45) is 0. The van der Waals surface area contributed by atoms with Gasteiger partial charge in [-0.3, -0.25) is 9.36 Å². The molecule has 0 saturated heterocycles. The molecule has 0 radical (unpaired) electrons. The second kappa shape index (κ2) is 6.62. The minimum atomic E-state index is -0.149. The molecule has 150 valence electrons. The van der Waals surface area contributed by atoms with Crippen LogP contribution in [0.15, 0.2) is 51.8 Å². The lowest BCUT2D eigenvalue weighted by molar-refractivity contribution is 0.437. The lowest BCUT2D eigenvalue weighted by atomic mass is 10.0. The van der Waals surface area contributed by atoms with Crippen LogP contribution in [0.4, 0.5) is 6.01 Å². The molecule has 30 heavy (non-hydrogen) atoms. The molecule has 3 aromatic heterocycles. The predicted octanol–water partition coefficient (Wildman–Crippen LogP) is 4.64. The largest absolute Gasteiger partial charge is 0.351 e. The van der Waals surface area contributed by atoms with E-state index < -0.39 is 0 Å². The van der Waals surface area contributed by atoms with Crippen molar-refractivity contribution in [2.24, 2.45) is 14.1 Å². The summed E-state index contributed by atoms with van der Waals surface area (Å²) in [5.41, 5.74) is 9.04. The summed E-state index contributed by atoms with van der Waals surface area (Å²) in [6.45, 7) is 0. The number of nitrogens with two attached hydrogens (primary N) is 1. The average Bonchev–Trinajstić information content (AvgIpc) is 3.26. The van der Waals surface area contributed by atoms with Gasteiger partial charge in [-0.2, -0.15) is 4.98 Å². The minimum absolute atomic E-state index is 0.00470. The Morgan fingerprint density at radius 1 is 0.967 bits per heavy atom. The summed E-state index contributed by atoms with van der Waals surface area (Å²) < 4.78 is 8.51. The summed E-state index contributed by atoms with van der Waals surface area (Å²) in [5, 5.41) is 6.66. The fourth-order valence-corrected chi connectivity index (χ4v) is 4.39. The second-order valence-corrected chi connectivity index (χ2v) is 7.87. The molecule has 0 aliphatic heterocycles. The van der Waals surface area contributed by atoms with E-state index in [4.69, 9.17) is 33.5 Å². The first-order chi connectivity index (χ1) is 14.3. The van der Waals surface area contributed by atoms with Crippen molar-refractivity contribution in [3.05, 3.63) is 62.9 Å². The molecule has 2 aromatic carbocycles. The van der Waals surface area contributed by atoms with Crippen LogP contribution >= 0.6 is 23.2 Å². The Bertz CT molecular complexity index is 1530. The molecule has 0 atom stereocenters. The number of halogens is 2. The number of aryl methyl sites for hydroxylation is 2. The number of hydrogen-bond acceptors (Lipinski definition) is 5. The number of benzene rings is 2. The summed E-state index contributed by atoms with van der Waals surface area (Å²) >= 11 is 12.4. The first kappa shape index (κ1) is 18.7. The van der Waals surface area contributed by atoms with E-state index in [9.17, 15) is 4.79 Å². The Morgan fingerprint density at radius 3 is 2.47 bits per heavy atom. The van der Waals surface area contributed by atoms with Gasteiger partial charge in [0.2, 0.25) is 5.82 Å². The van der Waals surface area contributed by atoms with Crippen LogP contribution in [-0.2, 0) is 14.1 Å². The van der Waals surface area contributed by atoms with Gasteiger partial charge in [-0.25, -0.2) is 0 Å². The summed E-state index contributed by atoms with van der Waals surface area (Å²) in [5.74, 6) is 0.400. The number of anilines is 1. The van der Waals surface area contributed by atoms with E-state index in [2.05, 4.69) is 10.1 Å². The molecule has 0 aliphatic rings. The van der Waals surface area contributed by atoms with Gasteiger partial charge in [0.15, 0.2) is 0 Å². The lowest BCUT2D eigenvalue weighted by Gasteiger charge is -2.09. The first-order valence-corrected chi connectivity index (χ1v) is 9.78. The maximum Gasteiger partial charge on any atom is 0.319 e. The van der Waals surface area contributed by atoms with Crippen molar-refractivity contribution >= 4 is 51.2 Å². The molecule has 9 heteroatoms. The maximum atomic E-state index is 13.2. The highest BCUT2D eigenvalue weighted by Gasteiger charge is 2.18. The molecule has 3 heterocycles. The Balaban J connectivity index is 1.85. The first-order valence-electron chi connectivity index (χ1n) is 9.02. The van der Waals surface area contributed by atoms with Crippen molar-refractivity contribution in [3.63, 3.8) is 0 Å². The van der Waals surface area contributed by atoms with Crippen LogP contribution in [-0.4, -0.2) is 19.3 Å². The minimum Gasteiger partial charge on any atom is -0.351 e. The smallest absolute Gasteiger partial charge is 0.319 e. The van der Waals surface area contributed by atoms with Crippen molar-refractivity contribution < 1.29 is 4.52 Å². The third-order valence-corrected chi connectivity index (χ3v) is 5.82. The molecule has 0 spiro atoms. The standard InChI is InChI=1S/C21H15Cl2N5O2/c1-27-17-6-3-10(18-25-21(24)30-26-18)7-13(17)14-9-15(20(29)28(2)19(14)27)12-5-4-11(22)8-16(12)23/h3-9H,1-2H3,(H2,24,25,26). The highest BCUT2D eigenvalue weighted by atomic mass is 35.5. The van der Waals surface area contributed by atoms with Gasteiger partial charge in [-0.1, -0.05) is 34.4 Å². The Labute approximate surface area is 180 Å². The molecule has 7 nitrogen and oxygen atoms in total. The zero-order valence-electron chi connectivity index (χ0n) is 16.0. The SMILES string of the molecule is Cn1c(=O)c(-c2ccc(Cl)cc2Cl)cc2c3cc(-c4noc(N)n4)ccc3n(C)c21. The van der Waals surface area contributed by atoms with Gasteiger partial charge in [0.25, 0.3) is 5.56 Å². The van der Waals surface area contributed by atoms with Gasteiger partial charge in [-0.15, -0.1) is 0 Å². The molecule has 5 aromatic rings. The molecule has 0 unspecified atom stereocenters. The fourth-order valence-electron chi connectivity index (χ4n) is 3.88. The van der Waals surface area contributed by atoms with Gasteiger partial charge in [0, 0.05) is 46.6 Å². The predicted molar refractivity (Wildman–Crippen MR) is 119 cm³/mol. The van der Waals surface area contributed by atoms with Crippen LogP contribution < -0.4 is 11.3 Å². The fraction of sp³-hybridized carbons (Fsp3) is 0.0952. The number of pyridine rings is 1. The molecule has 0 fully saturated rings. The van der Waals surface area contributed by atoms with Gasteiger partial charge < -0.3 is 14.8 Å². The van der Waals surface area contributed by atoms with E-state index >= 15 is 0 Å². The normalized spacial score (nSPS) is 11.6. The van der Waals surface area contributed by atoms with Crippen molar-refractivity contribution in [1.82, 2.24) is 19.3 Å². The van der Waals surface area contributed by atoms with Crippen LogP contribution in [0.3, 0.4) is 0 Å². The van der Waals surface area contributed by atoms with Crippen molar-refractivity contribution in [2.75, 3.05) is 5.73 Å². The zero-order valence-corrected chi connectivity index (χ0v) is 17.5. The number of nitrogens with zero attached hydrogens (tertiary/aromatic N) is 4. The number of nitrogen functional groups attached to an aromatic ring is 1. The maximum absolute atomic E-state index is 13.2. The Hall–Kier alpha value is -3.29. The zero-order chi connectivity index (χ0) is 21.2. The van der Waals surface area contributed by atoms with Crippen molar-refractivity contribution in [1.29, 1.82) is 0 Å². The summed E-state index contributed by atoms with van der Waals surface area (Å²) in [6, 6.07) is 12.8. The van der Waals surface area contributed by atoms with E-state index in [0.717, 1.165) is 27.5 Å². The quantitative estimate of drug-likeness (QED) is 0.432. The van der Waals surface area contributed by atoms with Gasteiger partial charge >= 0.3 is 6.01 Å². The van der Waals surface area contributed by atoms with Crippen molar-refractivity contribution in [2.45, 2.75) is 0 Å². The van der Waals surface area contributed by atoms with Crippen molar-refractivity contribution in [3.8, 4) is 22.5 Å². The summed E-state index contributed by atoms with van der Waals surface area (Å²) in [7, 11) is 3.67. The van der Waals surface area contributed by atoms with E-state index in [1.807, 2.05) is 35.9 Å². The van der Waals surface area contributed by atoms with Gasteiger partial charge in [-0.05, 0) is 36.4 Å². The third-order valence-electron chi connectivity index (χ3n) is 5.27. The molecule has 0 aliphatic carbocycles. The molecule has 2 N–H and O–H groups in total. The second-order valence-electron chi connectivity index (χ2n) is 7.03. The molecular weight excluding hydrogens is 425 g/mol. The number of hydrogen-bond donors (Lipinski definition) is 1. The van der Waals surface area contributed by atoms with Gasteiger partial charge in [0.1, 0.15) is 5.65 Å². The topological polar surface area (TPSA) is 91.9 Å². The highest BCUT2D eigenvalue weighted by molar-refractivity contribution is 6.36. The molecular formula is C21H15Cl2N5O2. The van der Waals surface area contributed by atoms with E-state index in [-0.39, 0.29) is 11.6 Å². The summed E-state index contributed by atoms with van der Waals surface area (Å²) in [4.78, 5) is 17.3. The van der Waals surface area contributed by atoms with Crippen LogP contribution in [0.2, 0.25) is 10.0 Å². The lowest BCUT2D eigenvalue weighted by Crippen LogP contribution is -2.20.